The molecule has 0 saturated carbocycles. The van der Waals surface area contributed by atoms with Gasteiger partial charge in [0.05, 0.1) is 12.7 Å². The van der Waals surface area contributed by atoms with Gasteiger partial charge in [0.1, 0.15) is 0 Å². The van der Waals surface area contributed by atoms with Crippen LogP contribution in [-0.2, 0) is 0 Å². The van der Waals surface area contributed by atoms with E-state index in [2.05, 4.69) is 0 Å². The van der Waals surface area contributed by atoms with Gasteiger partial charge in [-0.05, 0) is 67.8 Å². The van der Waals surface area contributed by atoms with Crippen molar-refractivity contribution in [2.75, 3.05) is 0 Å². The van der Waals surface area contributed by atoms with E-state index in [0.717, 1.165) is 0 Å². The van der Waals surface area contributed by atoms with Gasteiger partial charge >= 0.3 is 0 Å². The summed E-state index contributed by atoms with van der Waals surface area (Å²) in [7, 11) is 0. The first kappa shape index (κ1) is 12.5. The lowest BCUT2D eigenvalue weighted by Crippen LogP contribution is -2.15. The number of aromatic hydroxyl groups is 2. The van der Waals surface area contributed by atoms with Crippen molar-refractivity contribution in [2.24, 2.45) is 5.73 Å². The Bertz CT molecular complexity index is 390. The number of nitrogens with two attached hydrogens (primary N) is 1. The molecule has 0 aliphatic rings. The monoisotopic (exact) mass is 531 g/mol. The van der Waals surface area contributed by atoms with Crippen molar-refractivity contribution in [3.05, 3.63) is 16.3 Å². The fourth-order valence-corrected chi connectivity index (χ4v) is 3.48. The maximum Gasteiger partial charge on any atom is 0.251 e. The third-order valence-corrected chi connectivity index (χ3v) is 5.73. The first-order chi connectivity index (χ1) is 6.37. The molecule has 0 radical (unpaired) electrons. The second-order valence-electron chi connectivity index (χ2n) is 2.38. The lowest BCUT2D eigenvalue weighted by Gasteiger charge is -2.10. The molecule has 1 rings (SSSR count). The Labute approximate surface area is 121 Å². The van der Waals surface area contributed by atoms with Gasteiger partial charge in [-0.3, -0.25) is 4.79 Å². The molecule has 1 aromatic rings. The number of carbonyl (C=O) groups excluding carboxylic acids is 1. The minimum Gasteiger partial charge on any atom is -0.503 e. The second-order valence-corrected chi connectivity index (χ2v) is 5.61. The molecule has 0 unspecified atom stereocenters. The zero-order valence-electron chi connectivity index (χ0n) is 6.51. The molecule has 7 heteroatoms. The summed E-state index contributed by atoms with van der Waals surface area (Å²) in [6, 6.07) is 0. The molecule has 0 atom stereocenters. The predicted octanol–water partition coefficient (Wildman–Crippen LogP) is 2.01. The number of carbonyl (C=O) groups is 1. The van der Waals surface area contributed by atoms with Gasteiger partial charge in [-0.25, -0.2) is 0 Å². The number of hydrogen-bond acceptors (Lipinski definition) is 3. The maximum atomic E-state index is 11.1. The third-order valence-electron chi connectivity index (χ3n) is 1.52. The first-order valence-corrected chi connectivity index (χ1v) is 6.49. The van der Waals surface area contributed by atoms with Crippen LogP contribution < -0.4 is 5.73 Å². The lowest BCUT2D eigenvalue weighted by molar-refractivity contribution is 0.0998. The van der Waals surface area contributed by atoms with E-state index < -0.39 is 5.91 Å². The van der Waals surface area contributed by atoms with E-state index in [1.807, 2.05) is 45.2 Å². The quantitative estimate of drug-likeness (QED) is 0.295. The van der Waals surface area contributed by atoms with Crippen LogP contribution in [0, 0.1) is 10.7 Å². The van der Waals surface area contributed by atoms with Gasteiger partial charge in [0, 0.05) is 3.57 Å². The fourth-order valence-electron chi connectivity index (χ4n) is 0.853. The van der Waals surface area contributed by atoms with Gasteiger partial charge < -0.3 is 15.9 Å². The van der Waals surface area contributed by atoms with Gasteiger partial charge in [-0.2, -0.15) is 0 Å². The molecular formula is C7H4I3NO3. The lowest BCUT2D eigenvalue weighted by atomic mass is 10.2. The van der Waals surface area contributed by atoms with Crippen molar-refractivity contribution in [3.8, 4) is 11.5 Å². The van der Waals surface area contributed by atoms with Crippen molar-refractivity contribution in [1.29, 1.82) is 0 Å². The molecule has 0 fully saturated rings. The average molecular weight is 531 g/mol. The van der Waals surface area contributed by atoms with Crippen LogP contribution in [0.3, 0.4) is 0 Å². The molecule has 4 N–H and O–H groups in total. The molecule has 1 amide bonds. The number of halogens is 3. The molecule has 14 heavy (non-hydrogen) atoms. The summed E-state index contributed by atoms with van der Waals surface area (Å²) < 4.78 is 1.25. The largest absolute Gasteiger partial charge is 0.503 e. The summed E-state index contributed by atoms with van der Waals surface area (Å²) in [6.45, 7) is 0. The normalized spacial score (nSPS) is 10.2. The Kier molecular flexibility index (Phi) is 4.08. The number of primary amides is 1. The standard InChI is InChI=1S/C7H4I3NO3/c8-2-1(7(11)14)3(9)5(12)6(13)4(2)10/h12-13H,(H2,11,14). The number of amides is 1. The van der Waals surface area contributed by atoms with E-state index in [1.54, 1.807) is 22.6 Å². The van der Waals surface area contributed by atoms with E-state index in [4.69, 9.17) is 5.73 Å². The summed E-state index contributed by atoms with van der Waals surface area (Å²) in [5.41, 5.74) is 5.40. The molecule has 0 aliphatic carbocycles. The summed E-state index contributed by atoms with van der Waals surface area (Å²) in [4.78, 5) is 11.1. The Balaban J connectivity index is 3.68. The molecule has 4 nitrogen and oxygen atoms in total. The van der Waals surface area contributed by atoms with Crippen LogP contribution in [0.15, 0.2) is 0 Å². The molecular weight excluding hydrogens is 527 g/mol. The summed E-state index contributed by atoms with van der Waals surface area (Å²) in [5.74, 6) is -1.14. The topological polar surface area (TPSA) is 83.6 Å². The molecule has 0 spiro atoms. The van der Waals surface area contributed by atoms with Gasteiger partial charge in [-0.15, -0.1) is 0 Å². The van der Waals surface area contributed by atoms with E-state index in [9.17, 15) is 15.0 Å². The number of phenolic OH excluding ortho intramolecular Hbond substituents is 2. The minimum absolute atomic E-state index is 0.218. The molecule has 0 aromatic heterocycles. The van der Waals surface area contributed by atoms with E-state index >= 15 is 0 Å². The third kappa shape index (κ3) is 2.03. The highest BCUT2D eigenvalue weighted by Crippen LogP contribution is 2.40. The smallest absolute Gasteiger partial charge is 0.251 e. The average Bonchev–Trinajstić information content (AvgIpc) is 2.11. The number of hydrogen-bond donors (Lipinski definition) is 3. The minimum atomic E-state index is -0.619. The van der Waals surface area contributed by atoms with Crippen LogP contribution in [0.25, 0.3) is 0 Å². The zero-order chi connectivity index (χ0) is 11.0. The van der Waals surface area contributed by atoms with Crippen molar-refractivity contribution < 1.29 is 15.0 Å². The van der Waals surface area contributed by atoms with Crippen molar-refractivity contribution in [1.82, 2.24) is 0 Å². The van der Waals surface area contributed by atoms with E-state index in [-0.39, 0.29) is 20.6 Å². The van der Waals surface area contributed by atoms with E-state index in [0.29, 0.717) is 7.14 Å². The highest BCUT2D eigenvalue weighted by Gasteiger charge is 2.22. The molecule has 1 aromatic carbocycles. The SMILES string of the molecule is NC(=O)c1c(I)c(O)c(O)c(I)c1I. The van der Waals surface area contributed by atoms with Crippen LogP contribution in [0.5, 0.6) is 11.5 Å². The molecule has 0 aliphatic heterocycles. The molecule has 0 heterocycles. The maximum absolute atomic E-state index is 11.1. The van der Waals surface area contributed by atoms with Gasteiger partial charge in [-0.1, -0.05) is 0 Å². The fraction of sp³-hybridized carbons (Fsp3) is 0. The van der Waals surface area contributed by atoms with Crippen LogP contribution in [0.4, 0.5) is 0 Å². The number of phenols is 2. The van der Waals surface area contributed by atoms with Crippen molar-refractivity contribution in [3.63, 3.8) is 0 Å². The predicted molar refractivity (Wildman–Crippen MR) is 76.4 cm³/mol. The zero-order valence-corrected chi connectivity index (χ0v) is 13.0. The van der Waals surface area contributed by atoms with Crippen LogP contribution in [0.2, 0.25) is 0 Å². The molecule has 0 saturated heterocycles. The Hall–Kier alpha value is 0.480. The molecule has 76 valence electrons. The van der Waals surface area contributed by atoms with Crippen LogP contribution in [-0.4, -0.2) is 16.1 Å². The number of benzene rings is 1. The van der Waals surface area contributed by atoms with Crippen molar-refractivity contribution in [2.45, 2.75) is 0 Å². The Morgan fingerprint density at radius 1 is 1.00 bits per heavy atom. The highest BCUT2D eigenvalue weighted by atomic mass is 127. The molecule has 0 bridgehead atoms. The van der Waals surface area contributed by atoms with Gasteiger partial charge in [0.25, 0.3) is 5.91 Å². The summed E-state index contributed by atoms with van der Waals surface area (Å²) in [5, 5.41) is 18.9. The first-order valence-electron chi connectivity index (χ1n) is 3.26. The highest BCUT2D eigenvalue weighted by molar-refractivity contribution is 14.1. The number of rotatable bonds is 1. The van der Waals surface area contributed by atoms with Gasteiger partial charge in [0.2, 0.25) is 0 Å². The Morgan fingerprint density at radius 2 is 1.43 bits per heavy atom. The Morgan fingerprint density at radius 3 is 1.86 bits per heavy atom. The van der Waals surface area contributed by atoms with Crippen molar-refractivity contribution >= 4 is 73.7 Å². The summed E-state index contributed by atoms with van der Waals surface area (Å²) >= 11 is 5.51. The summed E-state index contributed by atoms with van der Waals surface area (Å²) in [6.07, 6.45) is 0. The van der Waals surface area contributed by atoms with Gasteiger partial charge in [0.15, 0.2) is 11.5 Å². The second kappa shape index (κ2) is 4.55. The van der Waals surface area contributed by atoms with E-state index in [1.165, 1.54) is 0 Å². The van der Waals surface area contributed by atoms with Crippen LogP contribution >= 0.6 is 67.8 Å². The van der Waals surface area contributed by atoms with Crippen LogP contribution in [0.1, 0.15) is 10.4 Å².